The van der Waals surface area contributed by atoms with Crippen molar-refractivity contribution in [3.05, 3.63) is 41.3 Å². The van der Waals surface area contributed by atoms with Crippen molar-refractivity contribution >= 4 is 23.4 Å². The molecule has 2 aromatic rings. The zero-order valence-corrected chi connectivity index (χ0v) is 12.4. The van der Waals surface area contributed by atoms with Gasteiger partial charge in [-0.3, -0.25) is 4.98 Å². The second-order valence-electron chi connectivity index (χ2n) is 4.47. The van der Waals surface area contributed by atoms with E-state index in [0.29, 0.717) is 16.8 Å². The predicted octanol–water partition coefficient (Wildman–Crippen LogP) is 3.52. The molecule has 2 N–H and O–H groups in total. The van der Waals surface area contributed by atoms with E-state index in [1.165, 1.54) is 0 Å². The Kier molecular flexibility index (Phi) is 5.12. The van der Waals surface area contributed by atoms with Crippen LogP contribution in [0.5, 0.6) is 0 Å². The highest BCUT2D eigenvalue weighted by Gasteiger charge is 2.10. The number of nitrogens with zero attached hydrogens (tertiary/aromatic N) is 3. The maximum atomic E-state index is 6.13. The van der Waals surface area contributed by atoms with Gasteiger partial charge < -0.3 is 10.6 Å². The number of anilines is 2. The van der Waals surface area contributed by atoms with Crippen molar-refractivity contribution in [1.82, 2.24) is 15.0 Å². The maximum Gasteiger partial charge on any atom is 0.224 e. The number of hydrogen-bond donors (Lipinski definition) is 2. The van der Waals surface area contributed by atoms with Crippen molar-refractivity contribution in [2.45, 2.75) is 26.3 Å². The molecule has 106 valence electrons. The molecule has 1 unspecified atom stereocenters. The highest BCUT2D eigenvalue weighted by atomic mass is 35.5. The summed E-state index contributed by atoms with van der Waals surface area (Å²) < 4.78 is 0. The summed E-state index contributed by atoms with van der Waals surface area (Å²) in [6.07, 6.45) is 6.19. The fraction of sp³-hybridized carbons (Fsp3) is 0.357. The Balaban J connectivity index is 2.11. The molecule has 6 heteroatoms. The number of hydrogen-bond acceptors (Lipinski definition) is 5. The number of nitrogens with one attached hydrogen (secondary N) is 2. The third-order valence-corrected chi connectivity index (χ3v) is 3.09. The van der Waals surface area contributed by atoms with E-state index in [1.54, 1.807) is 12.4 Å². The lowest BCUT2D eigenvalue weighted by Gasteiger charge is -2.16. The lowest BCUT2D eigenvalue weighted by atomic mass is 10.1. The minimum Gasteiger partial charge on any atom is -0.362 e. The van der Waals surface area contributed by atoms with E-state index >= 15 is 0 Å². The average molecular weight is 292 g/mol. The predicted molar refractivity (Wildman–Crippen MR) is 82.1 cm³/mol. The molecule has 0 aliphatic heterocycles. The van der Waals surface area contributed by atoms with Gasteiger partial charge >= 0.3 is 0 Å². The first-order chi connectivity index (χ1) is 9.70. The molecule has 0 saturated carbocycles. The zero-order valence-electron chi connectivity index (χ0n) is 11.6. The first kappa shape index (κ1) is 14.5. The Morgan fingerprint density at radius 2 is 2.20 bits per heavy atom. The summed E-state index contributed by atoms with van der Waals surface area (Å²) in [5.41, 5.74) is 1.07. The van der Waals surface area contributed by atoms with Crippen molar-refractivity contribution in [2.75, 3.05) is 17.2 Å². The second kappa shape index (κ2) is 7.05. The van der Waals surface area contributed by atoms with Gasteiger partial charge in [0.15, 0.2) is 5.82 Å². The Bertz CT molecular complexity index is 547. The highest BCUT2D eigenvalue weighted by molar-refractivity contribution is 6.32. The van der Waals surface area contributed by atoms with Gasteiger partial charge in [-0.1, -0.05) is 24.6 Å². The van der Waals surface area contributed by atoms with Gasteiger partial charge in [0.05, 0.1) is 12.2 Å². The quantitative estimate of drug-likeness (QED) is 0.852. The van der Waals surface area contributed by atoms with Crippen molar-refractivity contribution in [3.63, 3.8) is 0 Å². The van der Waals surface area contributed by atoms with Crippen LogP contribution in [-0.4, -0.2) is 21.5 Å². The van der Waals surface area contributed by atoms with E-state index in [1.807, 2.05) is 25.3 Å². The molecule has 0 bridgehead atoms. The van der Waals surface area contributed by atoms with E-state index < -0.39 is 0 Å². The van der Waals surface area contributed by atoms with E-state index in [2.05, 4.69) is 32.5 Å². The zero-order chi connectivity index (χ0) is 14.4. The minimum absolute atomic E-state index is 0.0649. The van der Waals surface area contributed by atoms with Crippen LogP contribution in [0.15, 0.2) is 30.7 Å². The normalized spacial score (nSPS) is 11.9. The summed E-state index contributed by atoms with van der Waals surface area (Å²) in [6, 6.07) is 3.98. The van der Waals surface area contributed by atoms with E-state index in [0.717, 1.165) is 18.5 Å². The maximum absolute atomic E-state index is 6.13. The topological polar surface area (TPSA) is 62.7 Å². The van der Waals surface area contributed by atoms with Crippen molar-refractivity contribution in [1.29, 1.82) is 0 Å². The second-order valence-corrected chi connectivity index (χ2v) is 4.88. The number of pyridine rings is 1. The van der Waals surface area contributed by atoms with Gasteiger partial charge in [0, 0.05) is 18.9 Å². The SMILES string of the molecule is CCCNc1ncc(Cl)c(NC(C)c2cccnc2)n1. The van der Waals surface area contributed by atoms with E-state index in [-0.39, 0.29) is 6.04 Å². The Labute approximate surface area is 123 Å². The van der Waals surface area contributed by atoms with E-state index in [4.69, 9.17) is 11.6 Å². The fourth-order valence-electron chi connectivity index (χ4n) is 1.71. The van der Waals surface area contributed by atoms with Crippen molar-refractivity contribution in [2.24, 2.45) is 0 Å². The standard InChI is InChI=1S/C14H18ClN5/c1-3-6-17-14-18-9-12(15)13(20-14)19-10(2)11-5-4-7-16-8-11/h4-5,7-10H,3,6H2,1-2H3,(H2,17,18,19,20). The number of rotatable bonds is 6. The third kappa shape index (κ3) is 3.81. The van der Waals surface area contributed by atoms with Crippen molar-refractivity contribution in [3.8, 4) is 0 Å². The van der Waals surface area contributed by atoms with Gasteiger partial charge in [-0.05, 0) is 25.0 Å². The number of halogens is 1. The largest absolute Gasteiger partial charge is 0.362 e. The van der Waals surface area contributed by atoms with Crippen LogP contribution in [0.2, 0.25) is 5.02 Å². The molecule has 0 radical (unpaired) electrons. The molecule has 2 aromatic heterocycles. The first-order valence-corrected chi connectivity index (χ1v) is 7.01. The molecule has 5 nitrogen and oxygen atoms in total. The van der Waals surface area contributed by atoms with Gasteiger partial charge in [-0.15, -0.1) is 0 Å². The van der Waals surface area contributed by atoms with Gasteiger partial charge in [0.1, 0.15) is 5.02 Å². The summed E-state index contributed by atoms with van der Waals surface area (Å²) in [6.45, 7) is 4.96. The summed E-state index contributed by atoms with van der Waals surface area (Å²) in [5.74, 6) is 1.20. The van der Waals surface area contributed by atoms with Crippen LogP contribution in [0.3, 0.4) is 0 Å². The summed E-state index contributed by atoms with van der Waals surface area (Å²) >= 11 is 6.13. The van der Waals surface area contributed by atoms with Crippen LogP contribution >= 0.6 is 11.6 Å². The van der Waals surface area contributed by atoms with Crippen LogP contribution in [0.25, 0.3) is 0 Å². The average Bonchev–Trinajstić information content (AvgIpc) is 2.49. The molecule has 2 rings (SSSR count). The Morgan fingerprint density at radius 3 is 2.90 bits per heavy atom. The minimum atomic E-state index is 0.0649. The van der Waals surface area contributed by atoms with Crippen LogP contribution in [0.1, 0.15) is 31.9 Å². The lowest BCUT2D eigenvalue weighted by molar-refractivity contribution is 0.862. The van der Waals surface area contributed by atoms with Crippen LogP contribution < -0.4 is 10.6 Å². The van der Waals surface area contributed by atoms with Crippen LogP contribution in [0.4, 0.5) is 11.8 Å². The molecule has 2 heterocycles. The lowest BCUT2D eigenvalue weighted by Crippen LogP contribution is -2.11. The third-order valence-electron chi connectivity index (χ3n) is 2.81. The summed E-state index contributed by atoms with van der Waals surface area (Å²) in [5, 5.41) is 6.92. The van der Waals surface area contributed by atoms with Crippen LogP contribution in [0, 0.1) is 0 Å². The molecule has 0 aliphatic rings. The highest BCUT2D eigenvalue weighted by Crippen LogP contribution is 2.24. The fourth-order valence-corrected chi connectivity index (χ4v) is 1.86. The molecular weight excluding hydrogens is 274 g/mol. The molecule has 0 saturated heterocycles. The molecule has 0 aromatic carbocycles. The Morgan fingerprint density at radius 1 is 1.35 bits per heavy atom. The monoisotopic (exact) mass is 291 g/mol. The molecular formula is C14H18ClN5. The molecule has 20 heavy (non-hydrogen) atoms. The van der Waals surface area contributed by atoms with Crippen LogP contribution in [-0.2, 0) is 0 Å². The Hall–Kier alpha value is -1.88. The summed E-state index contributed by atoms with van der Waals surface area (Å²) in [4.78, 5) is 12.6. The molecule has 0 fully saturated rings. The van der Waals surface area contributed by atoms with E-state index in [9.17, 15) is 0 Å². The van der Waals surface area contributed by atoms with Gasteiger partial charge in [-0.25, -0.2) is 4.98 Å². The molecule has 1 atom stereocenters. The number of aromatic nitrogens is 3. The summed E-state index contributed by atoms with van der Waals surface area (Å²) in [7, 11) is 0. The van der Waals surface area contributed by atoms with Gasteiger partial charge in [0.25, 0.3) is 0 Å². The molecule has 0 spiro atoms. The first-order valence-electron chi connectivity index (χ1n) is 6.63. The van der Waals surface area contributed by atoms with Crippen molar-refractivity contribution < 1.29 is 0 Å². The molecule has 0 amide bonds. The molecule has 0 aliphatic carbocycles. The van der Waals surface area contributed by atoms with Gasteiger partial charge in [0.2, 0.25) is 5.95 Å². The van der Waals surface area contributed by atoms with Gasteiger partial charge in [-0.2, -0.15) is 4.98 Å². The smallest absolute Gasteiger partial charge is 0.224 e.